The fourth-order valence-corrected chi connectivity index (χ4v) is 2.82. The Bertz CT molecular complexity index is 567. The Morgan fingerprint density at radius 2 is 2.16 bits per heavy atom. The number of hydrogen-bond donors (Lipinski definition) is 2. The van der Waals surface area contributed by atoms with Gasteiger partial charge in [-0.25, -0.2) is 15.8 Å². The Kier molecular flexibility index (Phi) is 5.15. The molecular formula is C12H13BrN4OS. The van der Waals surface area contributed by atoms with Crippen LogP contribution in [0.2, 0.25) is 0 Å². The molecule has 0 atom stereocenters. The third-order valence-electron chi connectivity index (χ3n) is 2.22. The van der Waals surface area contributed by atoms with Crippen molar-refractivity contribution in [1.29, 1.82) is 0 Å². The van der Waals surface area contributed by atoms with E-state index in [0.29, 0.717) is 18.2 Å². The first kappa shape index (κ1) is 14.3. The summed E-state index contributed by atoms with van der Waals surface area (Å²) in [6.07, 6.45) is 0. The number of methoxy groups -OCH3 is 1. The number of hydrazine groups is 1. The normalized spacial score (nSPS) is 10.5. The summed E-state index contributed by atoms with van der Waals surface area (Å²) < 4.78 is 6.07. The van der Waals surface area contributed by atoms with Crippen molar-refractivity contribution in [2.75, 3.05) is 12.5 Å². The van der Waals surface area contributed by atoms with Gasteiger partial charge in [-0.15, -0.1) is 0 Å². The quantitative estimate of drug-likeness (QED) is 0.495. The number of ether oxygens (including phenoxy) is 1. The van der Waals surface area contributed by atoms with Gasteiger partial charge in [-0.2, -0.15) is 0 Å². The van der Waals surface area contributed by atoms with Gasteiger partial charge in [0, 0.05) is 22.5 Å². The lowest BCUT2D eigenvalue weighted by Crippen LogP contribution is -2.11. The number of aromatic nitrogens is 2. The number of halogens is 1. The summed E-state index contributed by atoms with van der Waals surface area (Å²) in [5.74, 6) is 6.56. The number of nitrogen functional groups attached to an aromatic ring is 1. The summed E-state index contributed by atoms with van der Waals surface area (Å²) in [7, 11) is 1.60. The van der Waals surface area contributed by atoms with Crippen LogP contribution in [0.5, 0.6) is 0 Å². The van der Waals surface area contributed by atoms with Gasteiger partial charge < -0.3 is 10.2 Å². The first-order valence-electron chi connectivity index (χ1n) is 5.49. The zero-order chi connectivity index (χ0) is 13.7. The summed E-state index contributed by atoms with van der Waals surface area (Å²) in [6, 6.07) is 9.75. The molecule has 0 amide bonds. The molecule has 5 nitrogen and oxygen atoms in total. The van der Waals surface area contributed by atoms with E-state index in [1.165, 1.54) is 11.8 Å². The molecule has 1 heterocycles. The predicted octanol–water partition coefficient (Wildman–Crippen LogP) is 2.82. The van der Waals surface area contributed by atoms with Crippen molar-refractivity contribution in [2.24, 2.45) is 5.84 Å². The molecule has 0 fully saturated rings. The molecule has 7 heteroatoms. The highest BCUT2D eigenvalue weighted by Crippen LogP contribution is 2.32. The van der Waals surface area contributed by atoms with Gasteiger partial charge in [0.15, 0.2) is 5.82 Å². The summed E-state index contributed by atoms with van der Waals surface area (Å²) in [5, 5.41) is 0.807. The molecule has 0 bridgehead atoms. The molecule has 1 aromatic heterocycles. The minimum absolute atomic E-state index is 0.346. The standard InChI is InChI=1S/C12H13BrN4OS/c1-18-7-11-15-10(17-14)6-12(16-11)19-9-5-3-2-4-8(9)13/h2-6H,7,14H2,1H3,(H,15,16,17). The van der Waals surface area contributed by atoms with E-state index < -0.39 is 0 Å². The number of hydrogen-bond acceptors (Lipinski definition) is 6. The molecule has 100 valence electrons. The van der Waals surface area contributed by atoms with Crippen molar-refractivity contribution in [1.82, 2.24) is 9.97 Å². The van der Waals surface area contributed by atoms with Crippen LogP contribution in [0.25, 0.3) is 0 Å². The van der Waals surface area contributed by atoms with Gasteiger partial charge in [0.2, 0.25) is 0 Å². The third kappa shape index (κ3) is 3.90. The zero-order valence-corrected chi connectivity index (χ0v) is 12.7. The van der Waals surface area contributed by atoms with E-state index in [1.807, 2.05) is 24.3 Å². The predicted molar refractivity (Wildman–Crippen MR) is 78.8 cm³/mol. The molecule has 1 aromatic carbocycles. The number of nitrogens with zero attached hydrogens (tertiary/aromatic N) is 2. The largest absolute Gasteiger partial charge is 0.377 e. The molecule has 0 aliphatic carbocycles. The summed E-state index contributed by atoms with van der Waals surface area (Å²) in [6.45, 7) is 0.346. The third-order valence-corrected chi connectivity index (χ3v) is 4.17. The molecule has 2 rings (SSSR count). The van der Waals surface area contributed by atoms with Crippen LogP contribution in [0.3, 0.4) is 0 Å². The van der Waals surface area contributed by atoms with E-state index in [9.17, 15) is 0 Å². The van der Waals surface area contributed by atoms with E-state index in [0.717, 1.165) is 14.4 Å². The number of benzene rings is 1. The van der Waals surface area contributed by atoms with Crippen LogP contribution in [-0.2, 0) is 11.3 Å². The van der Waals surface area contributed by atoms with Gasteiger partial charge >= 0.3 is 0 Å². The Labute approximate surface area is 124 Å². The fraction of sp³-hybridized carbons (Fsp3) is 0.167. The second-order valence-corrected chi connectivity index (χ2v) is 5.53. The van der Waals surface area contributed by atoms with Crippen molar-refractivity contribution in [3.63, 3.8) is 0 Å². The maximum atomic E-state index is 5.41. The minimum atomic E-state index is 0.346. The second-order valence-electron chi connectivity index (χ2n) is 3.62. The van der Waals surface area contributed by atoms with Gasteiger partial charge in [-0.3, -0.25) is 0 Å². The lowest BCUT2D eigenvalue weighted by molar-refractivity contribution is 0.177. The summed E-state index contributed by atoms with van der Waals surface area (Å²) >= 11 is 5.04. The summed E-state index contributed by atoms with van der Waals surface area (Å²) in [4.78, 5) is 9.70. The molecule has 0 radical (unpaired) electrons. The van der Waals surface area contributed by atoms with Crippen molar-refractivity contribution in [2.45, 2.75) is 16.5 Å². The number of rotatable bonds is 5. The van der Waals surface area contributed by atoms with Crippen molar-refractivity contribution < 1.29 is 4.74 Å². The molecular weight excluding hydrogens is 328 g/mol. The fourth-order valence-electron chi connectivity index (χ4n) is 1.43. The SMILES string of the molecule is COCc1nc(NN)cc(Sc2ccccc2Br)n1. The Morgan fingerprint density at radius 3 is 2.84 bits per heavy atom. The van der Waals surface area contributed by atoms with E-state index in [-0.39, 0.29) is 0 Å². The molecule has 0 unspecified atom stereocenters. The molecule has 0 aliphatic rings. The lowest BCUT2D eigenvalue weighted by Gasteiger charge is -2.07. The van der Waals surface area contributed by atoms with E-state index in [2.05, 4.69) is 31.3 Å². The second kappa shape index (κ2) is 6.85. The van der Waals surface area contributed by atoms with Crippen LogP contribution in [-0.4, -0.2) is 17.1 Å². The van der Waals surface area contributed by atoms with E-state index >= 15 is 0 Å². The smallest absolute Gasteiger partial charge is 0.157 e. The molecule has 0 aliphatic heterocycles. The highest BCUT2D eigenvalue weighted by molar-refractivity contribution is 9.10. The Morgan fingerprint density at radius 1 is 1.37 bits per heavy atom. The van der Waals surface area contributed by atoms with Crippen LogP contribution in [0, 0.1) is 0 Å². The van der Waals surface area contributed by atoms with Gasteiger partial charge in [-0.05, 0) is 28.1 Å². The van der Waals surface area contributed by atoms with Gasteiger partial charge in [0.1, 0.15) is 17.5 Å². The first-order valence-corrected chi connectivity index (χ1v) is 7.10. The van der Waals surface area contributed by atoms with Crippen LogP contribution in [0.4, 0.5) is 5.82 Å². The Balaban J connectivity index is 2.29. The van der Waals surface area contributed by atoms with Crippen molar-refractivity contribution in [3.05, 3.63) is 40.6 Å². The number of nitrogens with one attached hydrogen (secondary N) is 1. The van der Waals surface area contributed by atoms with Crippen LogP contribution in [0.1, 0.15) is 5.82 Å². The highest BCUT2D eigenvalue weighted by Gasteiger charge is 2.07. The van der Waals surface area contributed by atoms with Crippen LogP contribution in [0.15, 0.2) is 44.7 Å². The number of nitrogens with two attached hydrogens (primary N) is 1. The van der Waals surface area contributed by atoms with Crippen molar-refractivity contribution >= 4 is 33.5 Å². The maximum absolute atomic E-state index is 5.41. The average molecular weight is 341 g/mol. The van der Waals surface area contributed by atoms with Crippen LogP contribution >= 0.6 is 27.7 Å². The average Bonchev–Trinajstić information content (AvgIpc) is 2.41. The molecule has 0 spiro atoms. The Hall–Kier alpha value is -1.15. The molecule has 0 saturated carbocycles. The highest BCUT2D eigenvalue weighted by atomic mass is 79.9. The lowest BCUT2D eigenvalue weighted by atomic mass is 10.4. The summed E-state index contributed by atoms with van der Waals surface area (Å²) in [5.41, 5.74) is 2.53. The van der Waals surface area contributed by atoms with Crippen molar-refractivity contribution in [3.8, 4) is 0 Å². The molecule has 0 saturated heterocycles. The van der Waals surface area contributed by atoms with Gasteiger partial charge in [-0.1, -0.05) is 23.9 Å². The van der Waals surface area contributed by atoms with Gasteiger partial charge in [0.25, 0.3) is 0 Å². The minimum Gasteiger partial charge on any atom is -0.377 e. The topological polar surface area (TPSA) is 73.1 Å². The first-order chi connectivity index (χ1) is 9.22. The zero-order valence-electron chi connectivity index (χ0n) is 10.3. The monoisotopic (exact) mass is 340 g/mol. The van der Waals surface area contributed by atoms with E-state index in [1.54, 1.807) is 13.2 Å². The molecule has 2 aromatic rings. The van der Waals surface area contributed by atoms with Gasteiger partial charge in [0.05, 0.1) is 0 Å². The molecule has 19 heavy (non-hydrogen) atoms. The maximum Gasteiger partial charge on any atom is 0.157 e. The van der Waals surface area contributed by atoms with Crippen LogP contribution < -0.4 is 11.3 Å². The molecule has 3 N–H and O–H groups in total. The van der Waals surface area contributed by atoms with E-state index in [4.69, 9.17) is 10.6 Å². The number of anilines is 1.